The number of rotatable bonds is 3. The minimum absolute atomic E-state index is 0.390. The molecule has 0 spiro atoms. The molecule has 0 aliphatic rings. The van der Waals surface area contributed by atoms with Gasteiger partial charge in [0.2, 0.25) is 0 Å². The predicted octanol–water partition coefficient (Wildman–Crippen LogP) is 3.32. The molecule has 94 valence electrons. The fourth-order valence-electron chi connectivity index (χ4n) is 1.82. The Bertz CT molecular complexity index is 560. The van der Waals surface area contributed by atoms with E-state index in [0.717, 1.165) is 6.20 Å². The summed E-state index contributed by atoms with van der Waals surface area (Å²) in [5.74, 6) is -0.834. The van der Waals surface area contributed by atoms with E-state index >= 15 is 0 Å². The number of nitrogens with one attached hydrogen (secondary N) is 1. The summed E-state index contributed by atoms with van der Waals surface area (Å²) < 4.78 is 26.4. The summed E-state index contributed by atoms with van der Waals surface area (Å²) in [7, 11) is 1.69. The number of aromatic nitrogens is 1. The van der Waals surface area contributed by atoms with Gasteiger partial charge in [0.25, 0.3) is 0 Å². The van der Waals surface area contributed by atoms with E-state index in [0.29, 0.717) is 16.1 Å². The van der Waals surface area contributed by atoms with Crippen molar-refractivity contribution in [1.29, 1.82) is 0 Å². The third kappa shape index (κ3) is 2.66. The van der Waals surface area contributed by atoms with Gasteiger partial charge < -0.3 is 5.32 Å². The molecule has 1 atom stereocenters. The minimum Gasteiger partial charge on any atom is -0.309 e. The van der Waals surface area contributed by atoms with Crippen LogP contribution in [-0.2, 0) is 0 Å². The van der Waals surface area contributed by atoms with Gasteiger partial charge in [-0.1, -0.05) is 11.6 Å². The molecule has 0 saturated heterocycles. The van der Waals surface area contributed by atoms with Gasteiger partial charge in [0, 0.05) is 11.2 Å². The Labute approximate surface area is 109 Å². The van der Waals surface area contributed by atoms with Crippen molar-refractivity contribution in [3.8, 4) is 0 Å². The van der Waals surface area contributed by atoms with E-state index in [-0.39, 0.29) is 5.82 Å². The molecule has 18 heavy (non-hydrogen) atoms. The standard InChI is InChI=1S/C13H11ClF2N2/c1-17-13(8-4-10(16)7-18-6-8)11-5-9(15)2-3-12(11)14/h2-7,13,17H,1H3. The van der Waals surface area contributed by atoms with Gasteiger partial charge >= 0.3 is 0 Å². The number of pyridine rings is 1. The molecule has 1 aromatic carbocycles. The zero-order chi connectivity index (χ0) is 13.1. The zero-order valence-corrected chi connectivity index (χ0v) is 10.4. The van der Waals surface area contributed by atoms with Crippen LogP contribution in [-0.4, -0.2) is 12.0 Å². The molecule has 0 aliphatic heterocycles. The molecule has 1 aromatic heterocycles. The lowest BCUT2D eigenvalue weighted by Crippen LogP contribution is -2.18. The monoisotopic (exact) mass is 268 g/mol. The molecule has 1 unspecified atom stereocenters. The minimum atomic E-state index is -0.444. The first kappa shape index (κ1) is 12.9. The molecular weight excluding hydrogens is 258 g/mol. The summed E-state index contributed by atoms with van der Waals surface area (Å²) in [6.45, 7) is 0. The molecule has 0 aliphatic carbocycles. The van der Waals surface area contributed by atoms with E-state index in [1.807, 2.05) is 0 Å². The smallest absolute Gasteiger partial charge is 0.141 e. The maximum atomic E-state index is 13.3. The van der Waals surface area contributed by atoms with Gasteiger partial charge in [0.15, 0.2) is 0 Å². The molecule has 0 bridgehead atoms. The fraction of sp³-hybridized carbons (Fsp3) is 0.154. The van der Waals surface area contributed by atoms with Crippen molar-refractivity contribution in [2.75, 3.05) is 7.05 Å². The van der Waals surface area contributed by atoms with E-state index in [4.69, 9.17) is 11.6 Å². The lowest BCUT2D eigenvalue weighted by atomic mass is 10.00. The van der Waals surface area contributed by atoms with Crippen molar-refractivity contribution in [2.24, 2.45) is 0 Å². The van der Waals surface area contributed by atoms with E-state index in [9.17, 15) is 8.78 Å². The topological polar surface area (TPSA) is 24.9 Å². The average molecular weight is 269 g/mol. The van der Waals surface area contributed by atoms with Crippen LogP contribution in [0.2, 0.25) is 5.02 Å². The van der Waals surface area contributed by atoms with E-state index in [2.05, 4.69) is 10.3 Å². The third-order valence-electron chi connectivity index (χ3n) is 2.62. The summed E-state index contributed by atoms with van der Waals surface area (Å²) in [6.07, 6.45) is 2.63. The fourth-order valence-corrected chi connectivity index (χ4v) is 2.05. The maximum absolute atomic E-state index is 13.3. The first-order valence-electron chi connectivity index (χ1n) is 5.34. The Morgan fingerprint density at radius 1 is 1.17 bits per heavy atom. The van der Waals surface area contributed by atoms with Crippen molar-refractivity contribution in [3.05, 3.63) is 64.4 Å². The highest BCUT2D eigenvalue weighted by Gasteiger charge is 2.16. The molecule has 0 fully saturated rings. The average Bonchev–Trinajstić information content (AvgIpc) is 2.35. The van der Waals surface area contributed by atoms with Gasteiger partial charge in [-0.05, 0) is 42.4 Å². The third-order valence-corrected chi connectivity index (χ3v) is 2.96. The highest BCUT2D eigenvalue weighted by molar-refractivity contribution is 6.31. The van der Waals surface area contributed by atoms with Crippen molar-refractivity contribution in [1.82, 2.24) is 10.3 Å². The van der Waals surface area contributed by atoms with Gasteiger partial charge in [-0.25, -0.2) is 8.78 Å². The normalized spacial score (nSPS) is 12.4. The van der Waals surface area contributed by atoms with Crippen LogP contribution < -0.4 is 5.32 Å². The number of nitrogens with zero attached hydrogens (tertiary/aromatic N) is 1. The van der Waals surface area contributed by atoms with Gasteiger partial charge in [-0.15, -0.1) is 0 Å². The number of hydrogen-bond acceptors (Lipinski definition) is 2. The Kier molecular flexibility index (Phi) is 3.89. The van der Waals surface area contributed by atoms with Crippen molar-refractivity contribution < 1.29 is 8.78 Å². The molecule has 0 amide bonds. The quantitative estimate of drug-likeness (QED) is 0.924. The van der Waals surface area contributed by atoms with Crippen LogP contribution in [0.25, 0.3) is 0 Å². The Hall–Kier alpha value is -1.52. The SMILES string of the molecule is CNC(c1cncc(F)c1)c1cc(F)ccc1Cl. The highest BCUT2D eigenvalue weighted by Crippen LogP contribution is 2.28. The molecule has 0 saturated carbocycles. The maximum Gasteiger partial charge on any atom is 0.141 e. The van der Waals surface area contributed by atoms with Crippen LogP contribution in [0.5, 0.6) is 0 Å². The molecule has 1 N–H and O–H groups in total. The lowest BCUT2D eigenvalue weighted by Gasteiger charge is -2.18. The van der Waals surface area contributed by atoms with Crippen molar-refractivity contribution >= 4 is 11.6 Å². The molecule has 2 aromatic rings. The van der Waals surface area contributed by atoms with Crippen molar-refractivity contribution in [3.63, 3.8) is 0 Å². The first-order valence-corrected chi connectivity index (χ1v) is 5.72. The van der Waals surface area contributed by atoms with E-state index in [1.165, 1.54) is 30.5 Å². The highest BCUT2D eigenvalue weighted by atomic mass is 35.5. The van der Waals surface area contributed by atoms with Crippen LogP contribution in [0.4, 0.5) is 8.78 Å². The summed E-state index contributed by atoms with van der Waals surface area (Å²) in [6, 6.07) is 5.02. The van der Waals surface area contributed by atoms with Crippen LogP contribution >= 0.6 is 11.6 Å². The van der Waals surface area contributed by atoms with E-state index < -0.39 is 11.9 Å². The van der Waals surface area contributed by atoms with Crippen LogP contribution in [0.1, 0.15) is 17.2 Å². The van der Waals surface area contributed by atoms with Gasteiger partial charge in [-0.2, -0.15) is 0 Å². The number of halogens is 3. The van der Waals surface area contributed by atoms with Crippen LogP contribution in [0.15, 0.2) is 36.7 Å². The number of hydrogen-bond donors (Lipinski definition) is 1. The van der Waals surface area contributed by atoms with E-state index in [1.54, 1.807) is 7.05 Å². The summed E-state index contributed by atoms with van der Waals surface area (Å²) in [5, 5.41) is 3.39. The zero-order valence-electron chi connectivity index (χ0n) is 9.62. The molecule has 5 heteroatoms. The number of benzene rings is 1. The summed E-state index contributed by atoms with van der Waals surface area (Å²) >= 11 is 6.04. The molecule has 2 nitrogen and oxygen atoms in total. The van der Waals surface area contributed by atoms with Crippen LogP contribution in [0.3, 0.4) is 0 Å². The molecule has 2 rings (SSSR count). The Morgan fingerprint density at radius 2 is 1.94 bits per heavy atom. The molecule has 0 radical (unpaired) electrons. The molecule has 1 heterocycles. The van der Waals surface area contributed by atoms with Gasteiger partial charge in [0.05, 0.1) is 12.2 Å². The second-order valence-corrected chi connectivity index (χ2v) is 4.23. The molecular formula is C13H11ClF2N2. The summed E-state index contributed by atoms with van der Waals surface area (Å²) in [5.41, 5.74) is 1.14. The second-order valence-electron chi connectivity index (χ2n) is 3.82. The predicted molar refractivity (Wildman–Crippen MR) is 66.5 cm³/mol. The second kappa shape index (κ2) is 5.42. The first-order chi connectivity index (χ1) is 8.61. The Balaban J connectivity index is 2.48. The lowest BCUT2D eigenvalue weighted by molar-refractivity contribution is 0.603. The largest absolute Gasteiger partial charge is 0.309 e. The van der Waals surface area contributed by atoms with Gasteiger partial charge in [-0.3, -0.25) is 4.98 Å². The van der Waals surface area contributed by atoms with Crippen molar-refractivity contribution in [2.45, 2.75) is 6.04 Å². The summed E-state index contributed by atoms with van der Waals surface area (Å²) in [4.78, 5) is 3.78. The van der Waals surface area contributed by atoms with Gasteiger partial charge in [0.1, 0.15) is 11.6 Å². The Morgan fingerprint density at radius 3 is 2.61 bits per heavy atom. The van der Waals surface area contributed by atoms with Crippen LogP contribution in [0, 0.1) is 11.6 Å².